The summed E-state index contributed by atoms with van der Waals surface area (Å²) in [6.45, 7) is 8.27. The zero-order valence-electron chi connectivity index (χ0n) is 14.5. The van der Waals surface area contributed by atoms with Gasteiger partial charge in [-0.25, -0.2) is 0 Å². The Hall–Kier alpha value is -1.21. The van der Waals surface area contributed by atoms with Crippen LogP contribution in [0.5, 0.6) is 0 Å². The normalized spacial score (nSPS) is 20.0. The lowest BCUT2D eigenvalue weighted by atomic mass is 9.97. The highest BCUT2D eigenvalue weighted by molar-refractivity contribution is 7.71. The van der Waals surface area contributed by atoms with Crippen LogP contribution in [0.25, 0.3) is 0 Å². The molecule has 2 heterocycles. The maximum atomic E-state index is 12.6. The highest BCUT2D eigenvalue weighted by Gasteiger charge is 2.30. The number of rotatable bonds is 6. The van der Waals surface area contributed by atoms with Crippen LogP contribution < -0.4 is 0 Å². The topological polar surface area (TPSA) is 63.1 Å². The molecule has 1 fully saturated rings. The molecule has 0 saturated carbocycles. The fourth-order valence-corrected chi connectivity index (χ4v) is 3.06. The van der Waals surface area contributed by atoms with Crippen molar-refractivity contribution >= 4 is 18.1 Å². The molecule has 130 valence electrons. The monoisotopic (exact) mass is 340 g/mol. The first-order chi connectivity index (χ1) is 10.9. The van der Waals surface area contributed by atoms with Gasteiger partial charge in [0.25, 0.3) is 5.91 Å². The number of aromatic nitrogens is 3. The van der Waals surface area contributed by atoms with Crippen molar-refractivity contribution < 1.29 is 9.53 Å². The van der Waals surface area contributed by atoms with Crippen molar-refractivity contribution in [2.45, 2.75) is 52.1 Å². The Morgan fingerprint density at radius 2 is 2.22 bits per heavy atom. The predicted molar refractivity (Wildman–Crippen MR) is 91.8 cm³/mol. The molecule has 1 aliphatic heterocycles. The van der Waals surface area contributed by atoms with E-state index in [4.69, 9.17) is 17.0 Å². The fraction of sp³-hybridized carbons (Fsp3) is 0.812. The van der Waals surface area contributed by atoms with Crippen molar-refractivity contribution in [2.75, 3.05) is 19.7 Å². The SMILES string of the molecule is CC(C)CCOC(C)C(=O)N1CCCC(c2n[nH]c(=S)n2C)C1. The second kappa shape index (κ2) is 8.06. The van der Waals surface area contributed by atoms with Crippen LogP contribution in [0.4, 0.5) is 0 Å². The zero-order chi connectivity index (χ0) is 17.0. The van der Waals surface area contributed by atoms with Gasteiger partial charge < -0.3 is 14.2 Å². The second-order valence-corrected chi connectivity index (χ2v) is 7.15. The van der Waals surface area contributed by atoms with E-state index >= 15 is 0 Å². The maximum absolute atomic E-state index is 12.6. The average Bonchev–Trinajstić information content (AvgIpc) is 2.86. The average molecular weight is 340 g/mol. The van der Waals surface area contributed by atoms with Crippen LogP contribution in [0, 0.1) is 10.7 Å². The van der Waals surface area contributed by atoms with Crippen molar-refractivity contribution in [1.29, 1.82) is 0 Å². The first-order valence-electron chi connectivity index (χ1n) is 8.41. The van der Waals surface area contributed by atoms with E-state index in [9.17, 15) is 4.79 Å². The van der Waals surface area contributed by atoms with Gasteiger partial charge in [-0.15, -0.1) is 0 Å². The summed E-state index contributed by atoms with van der Waals surface area (Å²) in [6.07, 6.45) is 2.61. The third-order valence-corrected chi connectivity index (χ3v) is 4.79. The van der Waals surface area contributed by atoms with E-state index in [1.165, 1.54) is 0 Å². The van der Waals surface area contributed by atoms with Gasteiger partial charge in [0.2, 0.25) is 0 Å². The van der Waals surface area contributed by atoms with E-state index in [1.54, 1.807) is 0 Å². The number of hydrogen-bond acceptors (Lipinski definition) is 4. The summed E-state index contributed by atoms with van der Waals surface area (Å²) in [7, 11) is 1.92. The van der Waals surface area contributed by atoms with Crippen molar-refractivity contribution in [3.8, 4) is 0 Å². The molecule has 0 aliphatic carbocycles. The van der Waals surface area contributed by atoms with Crippen molar-refractivity contribution in [3.05, 3.63) is 10.6 Å². The summed E-state index contributed by atoms with van der Waals surface area (Å²) in [5.41, 5.74) is 0. The summed E-state index contributed by atoms with van der Waals surface area (Å²) >= 11 is 5.18. The molecule has 0 radical (unpaired) electrons. The molecule has 0 spiro atoms. The molecule has 1 saturated heterocycles. The molecule has 2 unspecified atom stereocenters. The molecule has 0 bridgehead atoms. The van der Waals surface area contributed by atoms with E-state index in [1.807, 2.05) is 23.4 Å². The van der Waals surface area contributed by atoms with E-state index in [0.717, 1.165) is 31.6 Å². The molecular formula is C16H28N4O2S. The molecule has 2 atom stereocenters. The minimum absolute atomic E-state index is 0.0789. The molecule has 1 aliphatic rings. The Kier molecular flexibility index (Phi) is 6.35. The highest BCUT2D eigenvalue weighted by Crippen LogP contribution is 2.25. The highest BCUT2D eigenvalue weighted by atomic mass is 32.1. The van der Waals surface area contributed by atoms with Crippen LogP contribution in [0.1, 0.15) is 51.8 Å². The molecule has 1 aromatic heterocycles. The molecule has 1 N–H and O–H groups in total. The third kappa shape index (κ3) is 4.64. The van der Waals surface area contributed by atoms with Crippen molar-refractivity contribution in [3.63, 3.8) is 0 Å². The number of carbonyl (C=O) groups excluding carboxylic acids is 1. The van der Waals surface area contributed by atoms with Gasteiger partial charge in [-0.2, -0.15) is 5.10 Å². The number of nitrogens with one attached hydrogen (secondary N) is 1. The van der Waals surface area contributed by atoms with Crippen LogP contribution in [0.3, 0.4) is 0 Å². The lowest BCUT2D eigenvalue weighted by molar-refractivity contribution is -0.144. The first kappa shape index (κ1) is 18.1. The van der Waals surface area contributed by atoms with Gasteiger partial charge in [0.1, 0.15) is 11.9 Å². The van der Waals surface area contributed by atoms with Crippen molar-refractivity contribution in [2.24, 2.45) is 13.0 Å². The first-order valence-corrected chi connectivity index (χ1v) is 8.82. The number of hydrogen-bond donors (Lipinski definition) is 1. The number of nitrogens with zero attached hydrogens (tertiary/aromatic N) is 3. The Balaban J connectivity index is 1.93. The van der Waals surface area contributed by atoms with Gasteiger partial charge in [-0.3, -0.25) is 9.89 Å². The lowest BCUT2D eigenvalue weighted by Crippen LogP contribution is -2.44. The molecule has 1 amide bonds. The Morgan fingerprint density at radius 3 is 2.83 bits per heavy atom. The number of carbonyl (C=O) groups is 1. The fourth-order valence-electron chi connectivity index (χ4n) is 2.92. The Morgan fingerprint density at radius 1 is 1.48 bits per heavy atom. The van der Waals surface area contributed by atoms with Crippen LogP contribution in [-0.2, 0) is 16.6 Å². The molecule has 23 heavy (non-hydrogen) atoms. The van der Waals surface area contributed by atoms with Gasteiger partial charge >= 0.3 is 0 Å². The summed E-state index contributed by atoms with van der Waals surface area (Å²) in [5, 5.41) is 7.15. The number of amides is 1. The summed E-state index contributed by atoms with van der Waals surface area (Å²) in [6, 6.07) is 0. The number of aromatic amines is 1. The Bertz CT molecular complexity index is 581. The smallest absolute Gasteiger partial charge is 0.251 e. The molecule has 2 rings (SSSR count). The molecular weight excluding hydrogens is 312 g/mol. The van der Waals surface area contributed by atoms with Gasteiger partial charge in [-0.1, -0.05) is 13.8 Å². The largest absolute Gasteiger partial charge is 0.369 e. The van der Waals surface area contributed by atoms with Gasteiger partial charge in [-0.05, 0) is 44.3 Å². The standard InChI is InChI=1S/C16H28N4O2S/c1-11(2)7-9-22-12(3)15(21)20-8-5-6-13(10-20)14-17-18-16(23)19(14)4/h11-13H,5-10H2,1-4H3,(H,18,23). The lowest BCUT2D eigenvalue weighted by Gasteiger charge is -2.33. The third-order valence-electron chi connectivity index (χ3n) is 4.42. The van der Waals surface area contributed by atoms with E-state index in [2.05, 4.69) is 24.0 Å². The number of likely N-dealkylation sites (tertiary alicyclic amines) is 1. The van der Waals surface area contributed by atoms with Gasteiger partial charge in [0.15, 0.2) is 4.77 Å². The van der Waals surface area contributed by atoms with Crippen LogP contribution in [0.15, 0.2) is 0 Å². The Labute approximate surface area is 143 Å². The minimum Gasteiger partial charge on any atom is -0.369 e. The number of piperidine rings is 1. The van der Waals surface area contributed by atoms with E-state index < -0.39 is 0 Å². The molecule has 0 aromatic carbocycles. The molecule has 7 heteroatoms. The summed E-state index contributed by atoms with van der Waals surface area (Å²) in [4.78, 5) is 14.5. The van der Waals surface area contributed by atoms with Gasteiger partial charge in [0, 0.05) is 32.7 Å². The van der Waals surface area contributed by atoms with E-state index in [-0.39, 0.29) is 17.9 Å². The maximum Gasteiger partial charge on any atom is 0.251 e. The van der Waals surface area contributed by atoms with E-state index in [0.29, 0.717) is 23.8 Å². The zero-order valence-corrected chi connectivity index (χ0v) is 15.4. The quantitative estimate of drug-likeness (QED) is 0.809. The summed E-state index contributed by atoms with van der Waals surface area (Å²) in [5.74, 6) is 1.83. The minimum atomic E-state index is -0.380. The van der Waals surface area contributed by atoms with Crippen LogP contribution >= 0.6 is 12.2 Å². The van der Waals surface area contributed by atoms with Crippen LogP contribution in [-0.4, -0.2) is 51.4 Å². The molecule has 1 aromatic rings. The predicted octanol–water partition coefficient (Wildman–Crippen LogP) is 2.63. The van der Waals surface area contributed by atoms with Crippen LogP contribution in [0.2, 0.25) is 0 Å². The van der Waals surface area contributed by atoms with Crippen molar-refractivity contribution in [1.82, 2.24) is 19.7 Å². The van der Waals surface area contributed by atoms with Gasteiger partial charge in [0.05, 0.1) is 0 Å². The number of H-pyrrole nitrogens is 1. The number of ether oxygens (including phenoxy) is 1. The summed E-state index contributed by atoms with van der Waals surface area (Å²) < 4.78 is 8.22. The second-order valence-electron chi connectivity index (χ2n) is 6.76. The molecule has 6 nitrogen and oxygen atoms in total.